The molecule has 142 valence electrons. The number of hydrogen-bond acceptors (Lipinski definition) is 5. The highest BCUT2D eigenvalue weighted by Crippen LogP contribution is 2.22. The van der Waals surface area contributed by atoms with E-state index in [1.165, 1.54) is 18.4 Å². The number of aromatic amines is 1. The van der Waals surface area contributed by atoms with Crippen molar-refractivity contribution in [2.24, 2.45) is 5.92 Å². The SMILES string of the molecule is COc1ccc2[nH]c(C(=O)N[C@@H]3COC[C@H]3CS(=O)(=O)N(C)C)cc2c1. The van der Waals surface area contributed by atoms with E-state index in [9.17, 15) is 13.2 Å². The Bertz CT molecular complexity index is 906. The highest BCUT2D eigenvalue weighted by Gasteiger charge is 2.34. The van der Waals surface area contributed by atoms with Gasteiger partial charge in [0.05, 0.1) is 32.1 Å². The Labute approximate surface area is 152 Å². The number of hydrogen-bond donors (Lipinski definition) is 2. The number of nitrogens with zero attached hydrogens (tertiary/aromatic N) is 1. The number of ether oxygens (including phenoxy) is 2. The first-order valence-electron chi connectivity index (χ1n) is 8.25. The third-order valence-electron chi connectivity index (χ3n) is 4.57. The van der Waals surface area contributed by atoms with Gasteiger partial charge in [-0.25, -0.2) is 12.7 Å². The van der Waals surface area contributed by atoms with Crippen molar-refractivity contribution in [3.05, 3.63) is 30.0 Å². The van der Waals surface area contributed by atoms with Crippen LogP contribution in [-0.4, -0.2) is 69.8 Å². The van der Waals surface area contributed by atoms with E-state index < -0.39 is 10.0 Å². The first kappa shape index (κ1) is 18.7. The molecule has 1 amide bonds. The molecule has 0 saturated carbocycles. The van der Waals surface area contributed by atoms with Gasteiger partial charge in [0.2, 0.25) is 10.0 Å². The van der Waals surface area contributed by atoms with E-state index in [4.69, 9.17) is 9.47 Å². The fourth-order valence-corrected chi connectivity index (χ4v) is 4.12. The summed E-state index contributed by atoms with van der Waals surface area (Å²) in [5.41, 5.74) is 1.24. The molecule has 1 aliphatic rings. The molecule has 9 heteroatoms. The summed E-state index contributed by atoms with van der Waals surface area (Å²) in [7, 11) is 1.22. The Kier molecular flexibility index (Phi) is 5.22. The van der Waals surface area contributed by atoms with Crippen LogP contribution in [0.15, 0.2) is 24.3 Å². The van der Waals surface area contributed by atoms with Crippen molar-refractivity contribution in [2.75, 3.05) is 40.2 Å². The number of aromatic nitrogens is 1. The third kappa shape index (κ3) is 3.84. The standard InChI is InChI=1S/C17H23N3O5S/c1-20(2)26(22,23)10-12-8-25-9-16(12)19-17(21)15-7-11-6-13(24-3)4-5-14(11)18-15/h4-7,12,16,18H,8-10H2,1-3H3,(H,19,21)/t12-,16+/m0/s1. The molecule has 0 bridgehead atoms. The number of benzene rings is 1. The summed E-state index contributed by atoms with van der Waals surface area (Å²) < 4.78 is 36.0. The third-order valence-corrected chi connectivity index (χ3v) is 6.53. The molecular weight excluding hydrogens is 358 g/mol. The Morgan fingerprint density at radius 2 is 2.12 bits per heavy atom. The lowest BCUT2D eigenvalue weighted by Gasteiger charge is -2.20. The zero-order valence-electron chi connectivity index (χ0n) is 15.0. The first-order chi connectivity index (χ1) is 12.3. The molecule has 1 saturated heterocycles. The van der Waals surface area contributed by atoms with Crippen molar-refractivity contribution in [3.8, 4) is 5.75 Å². The summed E-state index contributed by atoms with van der Waals surface area (Å²) in [6, 6.07) is 6.89. The van der Waals surface area contributed by atoms with Gasteiger partial charge in [0.25, 0.3) is 5.91 Å². The maximum atomic E-state index is 12.6. The summed E-state index contributed by atoms with van der Waals surface area (Å²) in [5, 5.41) is 3.75. The highest BCUT2D eigenvalue weighted by molar-refractivity contribution is 7.89. The lowest BCUT2D eigenvalue weighted by atomic mass is 10.1. The van der Waals surface area contributed by atoms with Gasteiger partial charge in [-0.15, -0.1) is 0 Å². The Hall–Kier alpha value is -2.10. The van der Waals surface area contributed by atoms with Gasteiger partial charge >= 0.3 is 0 Å². The van der Waals surface area contributed by atoms with Crippen LogP contribution in [0.1, 0.15) is 10.5 Å². The van der Waals surface area contributed by atoms with Gasteiger partial charge in [-0.3, -0.25) is 4.79 Å². The molecule has 1 aromatic carbocycles. The second-order valence-electron chi connectivity index (χ2n) is 6.57. The van der Waals surface area contributed by atoms with E-state index in [-0.39, 0.29) is 23.6 Å². The number of carbonyl (C=O) groups is 1. The molecule has 3 rings (SSSR count). The molecule has 2 atom stereocenters. The first-order valence-corrected chi connectivity index (χ1v) is 9.86. The predicted octanol–water partition coefficient (Wildman–Crippen LogP) is 0.813. The highest BCUT2D eigenvalue weighted by atomic mass is 32.2. The molecule has 8 nitrogen and oxygen atoms in total. The van der Waals surface area contributed by atoms with E-state index in [1.807, 2.05) is 18.2 Å². The van der Waals surface area contributed by atoms with Crippen LogP contribution in [0.4, 0.5) is 0 Å². The average molecular weight is 381 g/mol. The number of H-pyrrole nitrogens is 1. The average Bonchev–Trinajstić information content (AvgIpc) is 3.20. The van der Waals surface area contributed by atoms with Crippen molar-refractivity contribution in [3.63, 3.8) is 0 Å². The zero-order chi connectivity index (χ0) is 18.9. The number of nitrogens with one attached hydrogen (secondary N) is 2. The summed E-state index contributed by atoms with van der Waals surface area (Å²) in [6.45, 7) is 0.606. The van der Waals surface area contributed by atoms with Gasteiger partial charge in [0.15, 0.2) is 0 Å². The Morgan fingerprint density at radius 3 is 2.81 bits per heavy atom. The molecule has 26 heavy (non-hydrogen) atoms. The lowest BCUT2D eigenvalue weighted by Crippen LogP contribution is -2.43. The Balaban J connectivity index is 1.72. The predicted molar refractivity (Wildman–Crippen MR) is 97.9 cm³/mol. The minimum absolute atomic E-state index is 0.0607. The minimum atomic E-state index is -3.36. The van der Waals surface area contributed by atoms with Crippen LogP contribution in [0.25, 0.3) is 10.9 Å². The number of fused-ring (bicyclic) bond motifs is 1. The smallest absolute Gasteiger partial charge is 0.268 e. The Morgan fingerprint density at radius 1 is 1.35 bits per heavy atom. The van der Waals surface area contributed by atoms with Crippen LogP contribution >= 0.6 is 0 Å². The summed E-state index contributed by atoms with van der Waals surface area (Å²) in [4.78, 5) is 15.6. The van der Waals surface area contributed by atoms with Crippen LogP contribution in [-0.2, 0) is 14.8 Å². The van der Waals surface area contributed by atoms with Gasteiger partial charge in [0, 0.05) is 30.9 Å². The van der Waals surface area contributed by atoms with Gasteiger partial charge in [-0.2, -0.15) is 0 Å². The molecule has 0 unspecified atom stereocenters. The molecular formula is C17H23N3O5S. The largest absolute Gasteiger partial charge is 0.497 e. The van der Waals surface area contributed by atoms with Crippen LogP contribution < -0.4 is 10.1 Å². The van der Waals surface area contributed by atoms with Crippen molar-refractivity contribution in [1.82, 2.24) is 14.6 Å². The number of carbonyl (C=O) groups excluding carboxylic acids is 1. The molecule has 0 radical (unpaired) electrons. The number of rotatable bonds is 6. The van der Waals surface area contributed by atoms with Crippen molar-refractivity contribution in [1.29, 1.82) is 0 Å². The fourth-order valence-electron chi connectivity index (χ4n) is 2.95. The van der Waals surface area contributed by atoms with E-state index in [0.29, 0.717) is 24.7 Å². The van der Waals surface area contributed by atoms with E-state index in [2.05, 4.69) is 10.3 Å². The van der Waals surface area contributed by atoms with Crippen LogP contribution in [0.3, 0.4) is 0 Å². The van der Waals surface area contributed by atoms with Crippen LogP contribution in [0, 0.1) is 5.92 Å². The molecule has 2 aromatic rings. The number of methoxy groups -OCH3 is 1. The van der Waals surface area contributed by atoms with Gasteiger partial charge in [0.1, 0.15) is 11.4 Å². The molecule has 0 spiro atoms. The summed E-state index contributed by atoms with van der Waals surface area (Å²) in [5.74, 6) is 0.0785. The molecule has 0 aliphatic carbocycles. The molecule has 2 N–H and O–H groups in total. The topological polar surface area (TPSA) is 101 Å². The fraction of sp³-hybridized carbons (Fsp3) is 0.471. The van der Waals surface area contributed by atoms with E-state index in [1.54, 1.807) is 13.2 Å². The van der Waals surface area contributed by atoms with E-state index >= 15 is 0 Å². The van der Waals surface area contributed by atoms with Gasteiger partial charge in [-0.05, 0) is 24.3 Å². The second-order valence-corrected chi connectivity index (χ2v) is 8.80. The van der Waals surface area contributed by atoms with Crippen molar-refractivity contribution in [2.45, 2.75) is 6.04 Å². The molecule has 1 fully saturated rings. The second kappa shape index (κ2) is 7.26. The lowest BCUT2D eigenvalue weighted by molar-refractivity contribution is 0.0922. The molecule has 1 aromatic heterocycles. The van der Waals surface area contributed by atoms with Gasteiger partial charge in [-0.1, -0.05) is 0 Å². The van der Waals surface area contributed by atoms with Crippen molar-refractivity contribution < 1.29 is 22.7 Å². The maximum Gasteiger partial charge on any atom is 0.268 e. The monoisotopic (exact) mass is 381 g/mol. The maximum absolute atomic E-state index is 12.6. The molecule has 1 aliphatic heterocycles. The molecule has 2 heterocycles. The minimum Gasteiger partial charge on any atom is -0.497 e. The zero-order valence-corrected chi connectivity index (χ0v) is 15.8. The van der Waals surface area contributed by atoms with Gasteiger partial charge < -0.3 is 19.8 Å². The van der Waals surface area contributed by atoms with E-state index in [0.717, 1.165) is 10.9 Å². The van der Waals surface area contributed by atoms with Crippen LogP contribution in [0.2, 0.25) is 0 Å². The number of sulfonamides is 1. The quantitative estimate of drug-likeness (QED) is 0.771. The van der Waals surface area contributed by atoms with Crippen LogP contribution in [0.5, 0.6) is 5.75 Å². The number of amides is 1. The summed E-state index contributed by atoms with van der Waals surface area (Å²) >= 11 is 0. The summed E-state index contributed by atoms with van der Waals surface area (Å²) in [6.07, 6.45) is 0. The normalized spacial score (nSPS) is 20.6. The van der Waals surface area contributed by atoms with Crippen molar-refractivity contribution >= 4 is 26.8 Å².